The van der Waals surface area contributed by atoms with E-state index in [1.807, 2.05) is 30.3 Å². The highest BCUT2D eigenvalue weighted by molar-refractivity contribution is 5.31. The van der Waals surface area contributed by atoms with Gasteiger partial charge in [0, 0.05) is 6.42 Å². The Labute approximate surface area is 101 Å². The number of hydrogen-bond acceptors (Lipinski definition) is 2. The molecule has 0 fully saturated rings. The average Bonchev–Trinajstić information content (AvgIpc) is 2.30. The molecule has 0 aliphatic rings. The summed E-state index contributed by atoms with van der Waals surface area (Å²) in [6.45, 7) is 1.78. The van der Waals surface area contributed by atoms with E-state index in [9.17, 15) is 10.2 Å². The first-order chi connectivity index (χ1) is 8.08. The Hall–Kier alpha value is -1.80. The minimum absolute atomic E-state index is 0.212. The summed E-state index contributed by atoms with van der Waals surface area (Å²) < 4.78 is 0. The van der Waals surface area contributed by atoms with E-state index in [1.54, 1.807) is 31.2 Å². The summed E-state index contributed by atoms with van der Waals surface area (Å²) in [5, 5.41) is 19.7. The van der Waals surface area contributed by atoms with Gasteiger partial charge in [-0.25, -0.2) is 0 Å². The van der Waals surface area contributed by atoms with E-state index in [1.165, 1.54) is 0 Å². The maximum Gasteiger partial charge on any atom is 0.115 e. The quantitative estimate of drug-likeness (QED) is 0.848. The molecule has 2 nitrogen and oxygen atoms in total. The van der Waals surface area contributed by atoms with Crippen molar-refractivity contribution in [3.05, 3.63) is 65.7 Å². The second-order valence-corrected chi connectivity index (χ2v) is 4.48. The van der Waals surface area contributed by atoms with Crippen molar-refractivity contribution in [1.82, 2.24) is 0 Å². The van der Waals surface area contributed by atoms with Crippen LogP contribution in [0, 0.1) is 0 Å². The molecule has 2 N–H and O–H groups in total. The zero-order chi connectivity index (χ0) is 12.3. The van der Waals surface area contributed by atoms with Gasteiger partial charge in [-0.05, 0) is 30.2 Å². The van der Waals surface area contributed by atoms with E-state index in [2.05, 4.69) is 0 Å². The highest BCUT2D eigenvalue weighted by Crippen LogP contribution is 2.26. The Bertz CT molecular complexity index is 472. The standard InChI is InChI=1S/C15H16O2/c1-15(17,11-12-5-3-2-4-6-12)13-7-9-14(16)10-8-13/h2-10,16-17H,11H2,1H3. The lowest BCUT2D eigenvalue weighted by molar-refractivity contribution is 0.0576. The van der Waals surface area contributed by atoms with Crippen molar-refractivity contribution in [2.45, 2.75) is 18.9 Å². The molecule has 0 bridgehead atoms. The monoisotopic (exact) mass is 228 g/mol. The molecule has 2 aromatic rings. The van der Waals surface area contributed by atoms with Gasteiger partial charge in [0.05, 0.1) is 5.60 Å². The maximum atomic E-state index is 10.4. The van der Waals surface area contributed by atoms with Crippen LogP contribution >= 0.6 is 0 Å². The molecule has 2 rings (SSSR count). The third-order valence-electron chi connectivity index (χ3n) is 2.88. The third-order valence-corrected chi connectivity index (χ3v) is 2.88. The molecule has 0 aromatic heterocycles. The topological polar surface area (TPSA) is 40.5 Å². The Morgan fingerprint density at radius 2 is 1.53 bits per heavy atom. The van der Waals surface area contributed by atoms with Crippen molar-refractivity contribution in [2.75, 3.05) is 0 Å². The largest absolute Gasteiger partial charge is 0.508 e. The summed E-state index contributed by atoms with van der Waals surface area (Å²) in [6.07, 6.45) is 0.554. The van der Waals surface area contributed by atoms with Crippen molar-refractivity contribution >= 4 is 0 Å². The predicted molar refractivity (Wildman–Crippen MR) is 67.8 cm³/mol. The van der Waals surface area contributed by atoms with E-state index in [0.29, 0.717) is 6.42 Å². The summed E-state index contributed by atoms with van der Waals surface area (Å²) in [7, 11) is 0. The first-order valence-electron chi connectivity index (χ1n) is 5.64. The molecule has 0 spiro atoms. The van der Waals surface area contributed by atoms with Crippen molar-refractivity contribution < 1.29 is 10.2 Å². The fourth-order valence-corrected chi connectivity index (χ4v) is 1.92. The Balaban J connectivity index is 2.21. The zero-order valence-electron chi connectivity index (χ0n) is 9.80. The van der Waals surface area contributed by atoms with E-state index >= 15 is 0 Å². The van der Waals surface area contributed by atoms with Gasteiger partial charge in [-0.15, -0.1) is 0 Å². The van der Waals surface area contributed by atoms with Crippen LogP contribution < -0.4 is 0 Å². The summed E-state index contributed by atoms with van der Waals surface area (Å²) in [6, 6.07) is 16.5. The molecule has 0 heterocycles. The van der Waals surface area contributed by atoms with Crippen LogP contribution in [0.5, 0.6) is 5.75 Å². The molecule has 88 valence electrons. The Morgan fingerprint density at radius 3 is 2.12 bits per heavy atom. The van der Waals surface area contributed by atoms with Gasteiger partial charge in [0.15, 0.2) is 0 Å². The Morgan fingerprint density at radius 1 is 0.941 bits per heavy atom. The van der Waals surface area contributed by atoms with Crippen molar-refractivity contribution in [3.63, 3.8) is 0 Å². The number of phenolic OH excluding ortho intramolecular Hbond substituents is 1. The first-order valence-corrected chi connectivity index (χ1v) is 5.64. The van der Waals surface area contributed by atoms with Gasteiger partial charge in [0.2, 0.25) is 0 Å². The molecular weight excluding hydrogens is 212 g/mol. The fraction of sp³-hybridized carbons (Fsp3) is 0.200. The molecule has 17 heavy (non-hydrogen) atoms. The van der Waals surface area contributed by atoms with Crippen molar-refractivity contribution in [2.24, 2.45) is 0 Å². The summed E-state index contributed by atoms with van der Waals surface area (Å²) >= 11 is 0. The molecule has 2 aromatic carbocycles. The predicted octanol–water partition coefficient (Wildman–Crippen LogP) is 2.84. The van der Waals surface area contributed by atoms with Gasteiger partial charge in [-0.1, -0.05) is 42.5 Å². The molecule has 1 unspecified atom stereocenters. The van der Waals surface area contributed by atoms with E-state index < -0.39 is 5.60 Å². The van der Waals surface area contributed by atoms with Crippen LogP contribution in [-0.2, 0) is 12.0 Å². The summed E-state index contributed by atoms with van der Waals surface area (Å²) in [4.78, 5) is 0. The molecule has 1 atom stereocenters. The van der Waals surface area contributed by atoms with Gasteiger partial charge in [0.25, 0.3) is 0 Å². The molecule has 0 aliphatic carbocycles. The van der Waals surface area contributed by atoms with Crippen LogP contribution in [0.4, 0.5) is 0 Å². The molecule has 0 saturated heterocycles. The first kappa shape index (κ1) is 11.7. The van der Waals surface area contributed by atoms with Gasteiger partial charge in [-0.2, -0.15) is 0 Å². The van der Waals surface area contributed by atoms with Crippen LogP contribution in [0.1, 0.15) is 18.1 Å². The number of hydrogen-bond donors (Lipinski definition) is 2. The lowest BCUT2D eigenvalue weighted by atomic mass is 9.89. The van der Waals surface area contributed by atoms with Gasteiger partial charge in [0.1, 0.15) is 5.75 Å². The van der Waals surface area contributed by atoms with Crippen LogP contribution in [0.25, 0.3) is 0 Å². The normalized spacial score (nSPS) is 14.2. The van der Waals surface area contributed by atoms with Crippen LogP contribution in [0.15, 0.2) is 54.6 Å². The number of aliphatic hydroxyl groups is 1. The second kappa shape index (κ2) is 4.60. The van der Waals surface area contributed by atoms with Crippen LogP contribution in [0.3, 0.4) is 0 Å². The lowest BCUT2D eigenvalue weighted by Crippen LogP contribution is -2.24. The summed E-state index contributed by atoms with van der Waals surface area (Å²) in [5.41, 5.74) is 0.972. The highest BCUT2D eigenvalue weighted by atomic mass is 16.3. The fourth-order valence-electron chi connectivity index (χ4n) is 1.92. The van der Waals surface area contributed by atoms with Crippen molar-refractivity contribution in [3.8, 4) is 5.75 Å². The maximum absolute atomic E-state index is 10.4. The SMILES string of the molecule is CC(O)(Cc1ccccc1)c1ccc(O)cc1. The minimum Gasteiger partial charge on any atom is -0.508 e. The highest BCUT2D eigenvalue weighted by Gasteiger charge is 2.23. The molecule has 2 heteroatoms. The second-order valence-electron chi connectivity index (χ2n) is 4.48. The number of aromatic hydroxyl groups is 1. The molecule has 0 saturated carbocycles. The molecule has 0 aliphatic heterocycles. The average molecular weight is 228 g/mol. The zero-order valence-corrected chi connectivity index (χ0v) is 9.80. The molecular formula is C15H16O2. The van der Waals surface area contributed by atoms with E-state index in [0.717, 1.165) is 11.1 Å². The third kappa shape index (κ3) is 2.86. The van der Waals surface area contributed by atoms with Crippen molar-refractivity contribution in [1.29, 1.82) is 0 Å². The number of benzene rings is 2. The minimum atomic E-state index is -0.922. The molecule has 0 radical (unpaired) electrons. The molecule has 0 amide bonds. The van der Waals surface area contributed by atoms with Crippen LogP contribution in [0.2, 0.25) is 0 Å². The number of phenols is 1. The van der Waals surface area contributed by atoms with Gasteiger partial charge >= 0.3 is 0 Å². The van der Waals surface area contributed by atoms with E-state index in [-0.39, 0.29) is 5.75 Å². The van der Waals surface area contributed by atoms with Crippen LogP contribution in [-0.4, -0.2) is 10.2 Å². The summed E-state index contributed by atoms with van der Waals surface area (Å²) in [5.74, 6) is 0.212. The number of rotatable bonds is 3. The lowest BCUT2D eigenvalue weighted by Gasteiger charge is -2.24. The van der Waals surface area contributed by atoms with Gasteiger partial charge in [-0.3, -0.25) is 0 Å². The van der Waals surface area contributed by atoms with Gasteiger partial charge < -0.3 is 10.2 Å². The smallest absolute Gasteiger partial charge is 0.115 e. The van der Waals surface area contributed by atoms with E-state index in [4.69, 9.17) is 0 Å². The Kier molecular flexibility index (Phi) is 3.16.